The van der Waals surface area contributed by atoms with E-state index in [1.165, 1.54) is 0 Å². The third kappa shape index (κ3) is 3.15. The Hall–Kier alpha value is -2.88. The molecule has 0 fully saturated rings. The van der Waals surface area contributed by atoms with Crippen molar-refractivity contribution >= 4 is 17.3 Å². The maximum absolute atomic E-state index is 12.9. The molecule has 0 saturated carbocycles. The molecule has 0 saturated heterocycles. The Morgan fingerprint density at radius 3 is 2.19 bits per heavy atom. The Morgan fingerprint density at radius 2 is 1.65 bits per heavy atom. The predicted octanol–water partition coefficient (Wildman–Crippen LogP) is 4.56. The van der Waals surface area contributed by atoms with Gasteiger partial charge in [-0.3, -0.25) is 9.59 Å². The molecule has 1 aliphatic carbocycles. The van der Waals surface area contributed by atoms with E-state index in [2.05, 4.69) is 0 Å². The summed E-state index contributed by atoms with van der Waals surface area (Å²) in [5.74, 6) is -0.122. The number of aliphatic hydroxyl groups is 1. The van der Waals surface area contributed by atoms with Crippen molar-refractivity contribution in [1.82, 2.24) is 0 Å². The van der Waals surface area contributed by atoms with Crippen LogP contribution in [-0.4, -0.2) is 23.8 Å². The first-order valence-electron chi connectivity index (χ1n) is 8.68. The molecule has 4 heteroatoms. The lowest BCUT2D eigenvalue weighted by molar-refractivity contribution is -0.122. The average Bonchev–Trinajstić information content (AvgIpc) is 2.91. The molecule has 2 aromatic rings. The molecular weight excluding hydrogens is 328 g/mol. The van der Waals surface area contributed by atoms with Gasteiger partial charge in [-0.25, -0.2) is 0 Å². The zero-order valence-electron chi connectivity index (χ0n) is 15.2. The fraction of sp³-hybridized carbons (Fsp3) is 0.273. The van der Waals surface area contributed by atoms with Crippen LogP contribution in [0.5, 0.6) is 5.75 Å². The molecule has 3 rings (SSSR count). The molecule has 4 nitrogen and oxygen atoms in total. The summed E-state index contributed by atoms with van der Waals surface area (Å²) in [6.07, 6.45) is 0.170. The van der Waals surface area contributed by atoms with Gasteiger partial charge >= 0.3 is 0 Å². The second-order valence-corrected chi connectivity index (χ2v) is 6.79. The number of Topliss-reactive ketones (excluding diaryl/α,β-unsaturated/α-hetero) is 2. The molecule has 0 aromatic heterocycles. The van der Waals surface area contributed by atoms with Crippen LogP contribution < -0.4 is 4.74 Å². The third-order valence-electron chi connectivity index (χ3n) is 4.84. The fourth-order valence-electron chi connectivity index (χ4n) is 3.27. The van der Waals surface area contributed by atoms with Crippen LogP contribution in [0, 0.1) is 5.92 Å². The first kappa shape index (κ1) is 17.9. The summed E-state index contributed by atoms with van der Waals surface area (Å²) in [5.41, 5.74) is 2.12. The predicted molar refractivity (Wildman–Crippen MR) is 101 cm³/mol. The number of ether oxygens (including phenoxy) is 1. The molecule has 0 unspecified atom stereocenters. The maximum atomic E-state index is 12.9. The Morgan fingerprint density at radius 1 is 1.04 bits per heavy atom. The van der Waals surface area contributed by atoms with E-state index in [0.717, 1.165) is 5.56 Å². The lowest BCUT2D eigenvalue weighted by atomic mass is 9.83. The largest absolute Gasteiger partial charge is 0.507 e. The Balaban J connectivity index is 2.07. The monoisotopic (exact) mass is 350 g/mol. The van der Waals surface area contributed by atoms with E-state index in [1.54, 1.807) is 43.5 Å². The summed E-state index contributed by atoms with van der Waals surface area (Å²) >= 11 is 0. The van der Waals surface area contributed by atoms with E-state index in [4.69, 9.17) is 4.74 Å². The number of carbonyl (C=O) groups excluding carboxylic acids is 2. The van der Waals surface area contributed by atoms with Crippen molar-refractivity contribution in [2.75, 3.05) is 7.11 Å². The molecule has 2 aromatic carbocycles. The molecule has 26 heavy (non-hydrogen) atoms. The average molecular weight is 350 g/mol. The SMILES string of the molecule is COc1ccc([C@@H](CC(=O)C(C)C)C2=C(O)c3ccccc3C2=O)cc1. The maximum Gasteiger partial charge on any atom is 0.194 e. The quantitative estimate of drug-likeness (QED) is 0.829. The lowest BCUT2D eigenvalue weighted by Gasteiger charge is -2.19. The minimum atomic E-state index is -0.490. The summed E-state index contributed by atoms with van der Waals surface area (Å²) in [6.45, 7) is 3.68. The van der Waals surface area contributed by atoms with Crippen LogP contribution in [0.1, 0.15) is 47.7 Å². The minimum absolute atomic E-state index is 0.0250. The van der Waals surface area contributed by atoms with E-state index in [9.17, 15) is 14.7 Å². The van der Waals surface area contributed by atoms with E-state index in [-0.39, 0.29) is 29.7 Å². The van der Waals surface area contributed by atoms with Gasteiger partial charge in [0.05, 0.1) is 12.7 Å². The normalized spacial score (nSPS) is 14.5. The van der Waals surface area contributed by atoms with Crippen LogP contribution in [0.4, 0.5) is 0 Å². The van der Waals surface area contributed by atoms with Crippen LogP contribution in [0.2, 0.25) is 0 Å². The number of carbonyl (C=O) groups is 2. The molecule has 1 atom stereocenters. The number of fused-ring (bicyclic) bond motifs is 1. The van der Waals surface area contributed by atoms with Gasteiger partial charge in [-0.2, -0.15) is 0 Å². The third-order valence-corrected chi connectivity index (χ3v) is 4.84. The van der Waals surface area contributed by atoms with E-state index < -0.39 is 5.92 Å². The number of allylic oxidation sites excluding steroid dienone is 1. The molecule has 1 N–H and O–H groups in total. The van der Waals surface area contributed by atoms with E-state index in [1.807, 2.05) is 26.0 Å². The molecular formula is C22H22O4. The van der Waals surface area contributed by atoms with Crippen molar-refractivity contribution in [3.8, 4) is 5.75 Å². The second kappa shape index (κ2) is 7.16. The van der Waals surface area contributed by atoms with Gasteiger partial charge < -0.3 is 9.84 Å². The van der Waals surface area contributed by atoms with Crippen molar-refractivity contribution in [1.29, 1.82) is 0 Å². The van der Waals surface area contributed by atoms with Crippen LogP contribution in [-0.2, 0) is 4.79 Å². The summed E-state index contributed by atoms with van der Waals surface area (Å²) < 4.78 is 5.19. The van der Waals surface area contributed by atoms with Gasteiger partial charge in [0, 0.05) is 29.4 Å². The highest BCUT2D eigenvalue weighted by Crippen LogP contribution is 2.41. The topological polar surface area (TPSA) is 63.6 Å². The number of hydrogen-bond acceptors (Lipinski definition) is 4. The molecule has 0 heterocycles. The van der Waals surface area contributed by atoms with Gasteiger partial charge in [0.25, 0.3) is 0 Å². The lowest BCUT2D eigenvalue weighted by Crippen LogP contribution is -2.17. The van der Waals surface area contributed by atoms with Crippen LogP contribution in [0.3, 0.4) is 0 Å². The Bertz CT molecular complexity index is 875. The summed E-state index contributed by atoms with van der Waals surface area (Å²) in [4.78, 5) is 25.4. The molecule has 0 amide bonds. The molecule has 0 bridgehead atoms. The number of methoxy groups -OCH3 is 1. The minimum Gasteiger partial charge on any atom is -0.507 e. The number of rotatable bonds is 6. The number of hydrogen-bond donors (Lipinski definition) is 1. The molecule has 0 radical (unpaired) electrons. The van der Waals surface area contributed by atoms with Gasteiger partial charge in [0.1, 0.15) is 17.3 Å². The highest BCUT2D eigenvalue weighted by atomic mass is 16.5. The van der Waals surface area contributed by atoms with Gasteiger partial charge in [-0.1, -0.05) is 50.2 Å². The first-order chi connectivity index (χ1) is 12.4. The Labute approximate surface area is 153 Å². The summed E-state index contributed by atoms with van der Waals surface area (Å²) in [7, 11) is 1.58. The summed E-state index contributed by atoms with van der Waals surface area (Å²) in [6, 6.07) is 14.3. The highest BCUT2D eigenvalue weighted by Gasteiger charge is 2.36. The van der Waals surface area contributed by atoms with Crippen molar-refractivity contribution in [2.24, 2.45) is 5.92 Å². The standard InChI is InChI=1S/C22H22O4/c1-13(2)19(23)12-18(14-8-10-15(26-3)11-9-14)20-21(24)16-6-4-5-7-17(16)22(20)25/h4-11,13,18,24H,12H2,1-3H3/t18-/m1/s1. The number of aliphatic hydroxyl groups excluding tert-OH is 1. The zero-order chi connectivity index (χ0) is 18.8. The smallest absolute Gasteiger partial charge is 0.194 e. The van der Waals surface area contributed by atoms with Gasteiger partial charge in [-0.05, 0) is 17.7 Å². The van der Waals surface area contributed by atoms with Gasteiger partial charge in [0.2, 0.25) is 0 Å². The fourth-order valence-corrected chi connectivity index (χ4v) is 3.27. The van der Waals surface area contributed by atoms with Crippen molar-refractivity contribution in [3.63, 3.8) is 0 Å². The van der Waals surface area contributed by atoms with Gasteiger partial charge in [-0.15, -0.1) is 0 Å². The van der Waals surface area contributed by atoms with Crippen LogP contribution >= 0.6 is 0 Å². The number of benzene rings is 2. The molecule has 134 valence electrons. The highest BCUT2D eigenvalue weighted by molar-refractivity contribution is 6.20. The summed E-state index contributed by atoms with van der Waals surface area (Å²) in [5, 5.41) is 10.7. The Kier molecular flexibility index (Phi) is 4.94. The molecule has 1 aliphatic rings. The van der Waals surface area contributed by atoms with E-state index in [0.29, 0.717) is 22.4 Å². The van der Waals surface area contributed by atoms with Crippen LogP contribution in [0.15, 0.2) is 54.1 Å². The zero-order valence-corrected chi connectivity index (χ0v) is 15.2. The van der Waals surface area contributed by atoms with E-state index >= 15 is 0 Å². The van der Waals surface area contributed by atoms with Gasteiger partial charge in [0.15, 0.2) is 5.78 Å². The molecule has 0 aliphatic heterocycles. The first-order valence-corrected chi connectivity index (χ1v) is 8.68. The molecule has 0 spiro atoms. The van der Waals surface area contributed by atoms with Crippen molar-refractivity contribution in [2.45, 2.75) is 26.2 Å². The second-order valence-electron chi connectivity index (χ2n) is 6.79. The number of ketones is 2. The van der Waals surface area contributed by atoms with Crippen molar-refractivity contribution < 1.29 is 19.4 Å². The van der Waals surface area contributed by atoms with Crippen molar-refractivity contribution in [3.05, 3.63) is 70.8 Å². The van der Waals surface area contributed by atoms with Crippen LogP contribution in [0.25, 0.3) is 5.76 Å².